The lowest BCUT2D eigenvalue weighted by atomic mass is 10.1. The van der Waals surface area contributed by atoms with Crippen molar-refractivity contribution in [2.45, 2.75) is 284 Å². The van der Waals surface area contributed by atoms with Crippen LogP contribution < -0.4 is 0 Å². The molecule has 0 spiro atoms. The first-order valence-electron chi connectivity index (χ1n) is 33.6. The summed E-state index contributed by atoms with van der Waals surface area (Å²) in [5.41, 5.74) is 0. The lowest BCUT2D eigenvalue weighted by Gasteiger charge is -2.18. The Morgan fingerprint density at radius 3 is 0.675 bits per heavy atom. The quantitative estimate of drug-likeness (QED) is 0.0261. The van der Waals surface area contributed by atoms with Crippen molar-refractivity contribution in [3.63, 3.8) is 0 Å². The molecule has 1 unspecified atom stereocenters. The van der Waals surface area contributed by atoms with E-state index in [2.05, 4.69) is 191 Å². The molecule has 0 aliphatic heterocycles. The molecule has 0 radical (unpaired) electrons. The van der Waals surface area contributed by atoms with E-state index in [4.69, 9.17) is 14.2 Å². The molecule has 0 saturated carbocycles. The van der Waals surface area contributed by atoms with Crippen LogP contribution in [0.15, 0.2) is 170 Å². The molecule has 0 aromatic rings. The van der Waals surface area contributed by atoms with Crippen molar-refractivity contribution >= 4 is 17.9 Å². The highest BCUT2D eigenvalue weighted by molar-refractivity contribution is 5.71. The third kappa shape index (κ3) is 67.4. The molecule has 6 heteroatoms. The molecule has 0 saturated heterocycles. The van der Waals surface area contributed by atoms with Crippen LogP contribution in [0.25, 0.3) is 0 Å². The van der Waals surface area contributed by atoms with Crippen LogP contribution in [-0.4, -0.2) is 37.2 Å². The fourth-order valence-electron chi connectivity index (χ4n) is 8.78. The summed E-state index contributed by atoms with van der Waals surface area (Å²) in [6.07, 6.45) is 102. The van der Waals surface area contributed by atoms with Crippen molar-refractivity contribution in [1.82, 2.24) is 0 Å². The molecule has 466 valence electrons. The van der Waals surface area contributed by atoms with Crippen LogP contribution in [0.5, 0.6) is 0 Å². The minimum absolute atomic E-state index is 0.0998. The topological polar surface area (TPSA) is 78.9 Å². The number of hydrogen-bond donors (Lipinski definition) is 0. The van der Waals surface area contributed by atoms with Gasteiger partial charge in [-0.25, -0.2) is 0 Å². The first-order valence-corrected chi connectivity index (χ1v) is 33.6. The smallest absolute Gasteiger partial charge is 0.306 e. The standard InChI is InChI=1S/C77H122O6/c1-4-7-10-13-16-19-22-25-28-31-33-34-35-36-37-38-39-40-41-42-44-46-49-52-55-58-61-64-67-70-76(79)82-73-74(72-81-75(78)69-66-63-60-57-54-51-48-45-30-27-24-21-18-15-12-9-6-3)83-77(80)71-68-65-62-59-56-53-50-47-43-32-29-26-23-20-17-14-11-8-5-2/h7-12,16-21,25-30,33-34,36-37,39-40,42-44,47,74H,4-6,13-15,22-24,31-32,35,38,41,45-46,48-73H2,1-3H3/b10-7-,11-8-,12-9-,19-16-,20-17-,21-18-,28-25-,29-26-,30-27-,34-33-,37-36-,40-39-,44-42-,47-43-. The first kappa shape index (κ1) is 77.8. The van der Waals surface area contributed by atoms with Crippen LogP contribution in [-0.2, 0) is 28.6 Å². The molecule has 0 N–H and O–H groups in total. The second-order valence-corrected chi connectivity index (χ2v) is 21.6. The highest BCUT2D eigenvalue weighted by Crippen LogP contribution is 2.15. The van der Waals surface area contributed by atoms with Gasteiger partial charge in [0, 0.05) is 19.3 Å². The highest BCUT2D eigenvalue weighted by Gasteiger charge is 2.19. The monoisotopic (exact) mass is 1140 g/mol. The number of carbonyl (C=O) groups is 3. The van der Waals surface area contributed by atoms with Gasteiger partial charge in [0.25, 0.3) is 0 Å². The van der Waals surface area contributed by atoms with E-state index in [1.807, 2.05) is 0 Å². The lowest BCUT2D eigenvalue weighted by Crippen LogP contribution is -2.30. The van der Waals surface area contributed by atoms with Crippen molar-refractivity contribution in [3.8, 4) is 0 Å². The summed E-state index contributed by atoms with van der Waals surface area (Å²) >= 11 is 0. The third-order valence-electron chi connectivity index (χ3n) is 13.7. The zero-order valence-electron chi connectivity index (χ0n) is 53.4. The van der Waals surface area contributed by atoms with Crippen LogP contribution in [0.1, 0.15) is 278 Å². The second-order valence-electron chi connectivity index (χ2n) is 21.6. The molecule has 0 aliphatic rings. The minimum atomic E-state index is -0.806. The summed E-state index contributed by atoms with van der Waals surface area (Å²) in [5.74, 6) is -0.935. The Hall–Kier alpha value is -5.23. The van der Waals surface area contributed by atoms with Gasteiger partial charge < -0.3 is 14.2 Å². The van der Waals surface area contributed by atoms with Crippen LogP contribution in [0.4, 0.5) is 0 Å². The molecular weight excluding hydrogens is 1020 g/mol. The van der Waals surface area contributed by atoms with Gasteiger partial charge in [-0.05, 0) is 148 Å². The normalized spacial score (nSPS) is 13.2. The van der Waals surface area contributed by atoms with Gasteiger partial charge in [-0.2, -0.15) is 0 Å². The molecule has 0 fully saturated rings. The number of allylic oxidation sites excluding steroid dienone is 28. The summed E-state index contributed by atoms with van der Waals surface area (Å²) in [6, 6.07) is 0. The molecule has 6 nitrogen and oxygen atoms in total. The minimum Gasteiger partial charge on any atom is -0.462 e. The van der Waals surface area contributed by atoms with E-state index in [1.54, 1.807) is 0 Å². The van der Waals surface area contributed by atoms with Crippen LogP contribution in [0.2, 0.25) is 0 Å². The molecule has 0 aromatic heterocycles. The zero-order valence-corrected chi connectivity index (χ0v) is 53.4. The SMILES string of the molecule is CC/C=C\C/C=C\C/C=C\C/C=C\C/C=C\C/C=C\C/C=C\CCCCCCCCCC(=O)OCC(COC(=O)CCCCCCCCC/C=C\C/C=C\C/C=C\CC)OC(=O)CCCCCCCC/C=C\C/C=C\C/C=C\C/C=C\CC. The average Bonchev–Trinajstić information content (AvgIpc) is 3.49. The van der Waals surface area contributed by atoms with E-state index in [0.717, 1.165) is 173 Å². The summed E-state index contributed by atoms with van der Waals surface area (Å²) in [6.45, 7) is 6.28. The first-order chi connectivity index (χ1) is 41.0. The average molecular weight is 1140 g/mol. The summed E-state index contributed by atoms with van der Waals surface area (Å²) in [5, 5.41) is 0. The fraction of sp³-hybridized carbons (Fsp3) is 0.597. The Bertz CT molecular complexity index is 1890. The molecule has 0 aromatic carbocycles. The van der Waals surface area contributed by atoms with Gasteiger partial charge in [0.05, 0.1) is 0 Å². The number of unbranched alkanes of at least 4 members (excludes halogenated alkanes) is 20. The molecular formula is C77H122O6. The van der Waals surface area contributed by atoms with E-state index in [0.29, 0.717) is 19.3 Å². The Labute approximate surface area is 511 Å². The van der Waals surface area contributed by atoms with Gasteiger partial charge in [0.2, 0.25) is 0 Å². The van der Waals surface area contributed by atoms with Gasteiger partial charge >= 0.3 is 17.9 Å². The Morgan fingerprint density at radius 2 is 0.434 bits per heavy atom. The summed E-state index contributed by atoms with van der Waals surface area (Å²) in [7, 11) is 0. The van der Waals surface area contributed by atoms with Crippen LogP contribution >= 0.6 is 0 Å². The fourth-order valence-corrected chi connectivity index (χ4v) is 8.78. The van der Waals surface area contributed by atoms with E-state index in [9.17, 15) is 14.4 Å². The van der Waals surface area contributed by atoms with Crippen molar-refractivity contribution < 1.29 is 28.6 Å². The number of carbonyl (C=O) groups excluding carboxylic acids is 3. The van der Waals surface area contributed by atoms with Gasteiger partial charge in [-0.1, -0.05) is 281 Å². The predicted octanol–water partition coefficient (Wildman–Crippen LogP) is 23.4. The molecule has 1 atom stereocenters. The van der Waals surface area contributed by atoms with Gasteiger partial charge in [0.1, 0.15) is 13.2 Å². The van der Waals surface area contributed by atoms with E-state index in [1.165, 1.54) is 64.2 Å². The number of esters is 3. The molecule has 0 amide bonds. The van der Waals surface area contributed by atoms with Crippen LogP contribution in [0.3, 0.4) is 0 Å². The largest absolute Gasteiger partial charge is 0.462 e. The highest BCUT2D eigenvalue weighted by atomic mass is 16.6. The Kier molecular flexibility index (Phi) is 64.9. The van der Waals surface area contributed by atoms with Gasteiger partial charge in [-0.15, -0.1) is 0 Å². The van der Waals surface area contributed by atoms with E-state index in [-0.39, 0.29) is 31.1 Å². The molecule has 0 bridgehead atoms. The van der Waals surface area contributed by atoms with Crippen molar-refractivity contribution in [3.05, 3.63) is 170 Å². The van der Waals surface area contributed by atoms with Crippen molar-refractivity contribution in [2.24, 2.45) is 0 Å². The molecule has 0 rings (SSSR count). The molecule has 83 heavy (non-hydrogen) atoms. The Balaban J connectivity index is 4.44. The summed E-state index contributed by atoms with van der Waals surface area (Å²) in [4.78, 5) is 38.4. The molecule has 0 aliphatic carbocycles. The van der Waals surface area contributed by atoms with Crippen molar-refractivity contribution in [1.29, 1.82) is 0 Å². The summed E-state index contributed by atoms with van der Waals surface area (Å²) < 4.78 is 16.9. The number of rotatable bonds is 59. The van der Waals surface area contributed by atoms with E-state index >= 15 is 0 Å². The number of hydrogen-bond acceptors (Lipinski definition) is 6. The zero-order chi connectivity index (χ0) is 59.9. The molecule has 0 heterocycles. The third-order valence-corrected chi connectivity index (χ3v) is 13.7. The maximum absolute atomic E-state index is 12.9. The maximum atomic E-state index is 12.9. The Morgan fingerprint density at radius 1 is 0.241 bits per heavy atom. The second kappa shape index (κ2) is 69.3. The van der Waals surface area contributed by atoms with Crippen LogP contribution in [0, 0.1) is 0 Å². The van der Waals surface area contributed by atoms with Crippen molar-refractivity contribution in [2.75, 3.05) is 13.2 Å². The number of ether oxygens (including phenoxy) is 3. The predicted molar refractivity (Wildman–Crippen MR) is 361 cm³/mol. The van der Waals surface area contributed by atoms with E-state index < -0.39 is 6.10 Å². The van der Waals surface area contributed by atoms with Gasteiger partial charge in [0.15, 0.2) is 6.10 Å². The van der Waals surface area contributed by atoms with Gasteiger partial charge in [-0.3, -0.25) is 14.4 Å². The maximum Gasteiger partial charge on any atom is 0.306 e. The lowest BCUT2D eigenvalue weighted by molar-refractivity contribution is -0.167.